The molecule has 0 radical (unpaired) electrons. The first-order valence-electron chi connectivity index (χ1n) is 6.62. The van der Waals surface area contributed by atoms with Crippen molar-refractivity contribution >= 4 is 0 Å². The average Bonchev–Trinajstić information content (AvgIpc) is 2.29. The third-order valence-corrected chi connectivity index (χ3v) is 2.48. The molecule has 0 rings (SSSR count). The minimum Gasteiger partial charge on any atom is -0.382 e. The zero-order chi connectivity index (χ0) is 12.9. The Labute approximate surface area is 107 Å². The van der Waals surface area contributed by atoms with Crippen LogP contribution in [0.4, 0.5) is 0 Å². The van der Waals surface area contributed by atoms with Crippen LogP contribution in [0.3, 0.4) is 0 Å². The van der Waals surface area contributed by atoms with Gasteiger partial charge < -0.3 is 19.7 Å². The van der Waals surface area contributed by atoms with Crippen molar-refractivity contribution in [2.24, 2.45) is 5.92 Å². The van der Waals surface area contributed by atoms with Gasteiger partial charge in [-0.1, -0.05) is 13.8 Å². The molecule has 0 aromatic carbocycles. The number of hydrogen-bond donors (Lipinski definition) is 1. The van der Waals surface area contributed by atoms with E-state index < -0.39 is 0 Å². The number of methoxy groups -OCH3 is 1. The quantitative estimate of drug-likeness (QED) is 0.525. The smallest absolute Gasteiger partial charge is 0.0700 e. The summed E-state index contributed by atoms with van der Waals surface area (Å²) in [6.45, 7) is 11.1. The molecule has 4 nitrogen and oxygen atoms in total. The fraction of sp³-hybridized carbons (Fsp3) is 1.00. The molecule has 0 aliphatic rings. The third kappa shape index (κ3) is 13.8. The van der Waals surface area contributed by atoms with Gasteiger partial charge in [-0.25, -0.2) is 0 Å². The summed E-state index contributed by atoms with van der Waals surface area (Å²) in [6.07, 6.45) is 1.09. The number of rotatable bonds is 12. The zero-order valence-electron chi connectivity index (χ0n) is 12.0. The van der Waals surface area contributed by atoms with E-state index in [0.717, 1.165) is 45.1 Å². The molecular formula is C13H30N2O2. The van der Waals surface area contributed by atoms with Crippen LogP contribution in [0.5, 0.6) is 0 Å². The van der Waals surface area contributed by atoms with E-state index in [9.17, 15) is 0 Å². The fourth-order valence-electron chi connectivity index (χ4n) is 1.45. The molecule has 0 bridgehead atoms. The summed E-state index contributed by atoms with van der Waals surface area (Å²) in [5, 5.41) is 3.44. The van der Waals surface area contributed by atoms with Crippen molar-refractivity contribution in [3.63, 3.8) is 0 Å². The standard InChI is InChI=1S/C13H30N2O2/c1-13(2)12-14-6-8-15(3)7-5-9-17-11-10-16-4/h13-14H,5-12H2,1-4H3. The van der Waals surface area contributed by atoms with Crippen LogP contribution in [-0.2, 0) is 9.47 Å². The molecule has 0 aromatic rings. The number of nitrogens with one attached hydrogen (secondary N) is 1. The van der Waals surface area contributed by atoms with E-state index in [1.54, 1.807) is 7.11 Å². The van der Waals surface area contributed by atoms with Crippen LogP contribution >= 0.6 is 0 Å². The maximum Gasteiger partial charge on any atom is 0.0700 e. The van der Waals surface area contributed by atoms with Crippen LogP contribution in [0.2, 0.25) is 0 Å². The molecule has 0 saturated heterocycles. The summed E-state index contributed by atoms with van der Waals surface area (Å²) < 4.78 is 10.3. The van der Waals surface area contributed by atoms with E-state index in [4.69, 9.17) is 9.47 Å². The average molecular weight is 246 g/mol. The second kappa shape index (κ2) is 12.3. The molecular weight excluding hydrogens is 216 g/mol. The van der Waals surface area contributed by atoms with Crippen LogP contribution < -0.4 is 5.32 Å². The van der Waals surface area contributed by atoms with Gasteiger partial charge in [0.2, 0.25) is 0 Å². The van der Waals surface area contributed by atoms with Crippen LogP contribution in [0.15, 0.2) is 0 Å². The molecule has 0 amide bonds. The molecule has 0 atom stereocenters. The predicted octanol–water partition coefficient (Wildman–Crippen LogP) is 1.22. The first-order valence-corrected chi connectivity index (χ1v) is 6.62. The molecule has 0 saturated carbocycles. The van der Waals surface area contributed by atoms with Crippen molar-refractivity contribution in [3.8, 4) is 0 Å². The van der Waals surface area contributed by atoms with Crippen molar-refractivity contribution in [2.45, 2.75) is 20.3 Å². The minimum absolute atomic E-state index is 0.689. The number of likely N-dealkylation sites (N-methyl/N-ethyl adjacent to an activating group) is 1. The minimum atomic E-state index is 0.689. The Hall–Kier alpha value is -0.160. The maximum atomic E-state index is 5.41. The van der Waals surface area contributed by atoms with E-state index in [-0.39, 0.29) is 0 Å². The lowest BCUT2D eigenvalue weighted by Gasteiger charge is -2.17. The summed E-state index contributed by atoms with van der Waals surface area (Å²) >= 11 is 0. The van der Waals surface area contributed by atoms with E-state index in [2.05, 4.69) is 31.1 Å². The van der Waals surface area contributed by atoms with Crippen molar-refractivity contribution in [1.29, 1.82) is 0 Å². The van der Waals surface area contributed by atoms with Gasteiger partial charge in [-0.3, -0.25) is 0 Å². The van der Waals surface area contributed by atoms with Crippen molar-refractivity contribution < 1.29 is 9.47 Å². The second-order valence-corrected chi connectivity index (χ2v) is 4.86. The first-order chi connectivity index (χ1) is 8.16. The molecule has 0 aliphatic heterocycles. The molecule has 4 heteroatoms. The highest BCUT2D eigenvalue weighted by molar-refractivity contribution is 4.56. The van der Waals surface area contributed by atoms with Crippen LogP contribution in [0, 0.1) is 5.92 Å². The molecule has 17 heavy (non-hydrogen) atoms. The van der Waals surface area contributed by atoms with Gasteiger partial charge in [0.25, 0.3) is 0 Å². The SMILES string of the molecule is COCCOCCCN(C)CCNCC(C)C. The monoisotopic (exact) mass is 246 g/mol. The number of ether oxygens (including phenoxy) is 2. The Morgan fingerprint density at radius 2 is 1.88 bits per heavy atom. The highest BCUT2D eigenvalue weighted by Crippen LogP contribution is 1.90. The van der Waals surface area contributed by atoms with Gasteiger partial charge in [-0.15, -0.1) is 0 Å². The van der Waals surface area contributed by atoms with Gasteiger partial charge >= 0.3 is 0 Å². The highest BCUT2D eigenvalue weighted by atomic mass is 16.5. The summed E-state index contributed by atoms with van der Waals surface area (Å²) in [6, 6.07) is 0. The van der Waals surface area contributed by atoms with Crippen molar-refractivity contribution in [3.05, 3.63) is 0 Å². The molecule has 1 N–H and O–H groups in total. The van der Waals surface area contributed by atoms with E-state index >= 15 is 0 Å². The molecule has 104 valence electrons. The number of nitrogens with zero attached hydrogens (tertiary/aromatic N) is 1. The predicted molar refractivity (Wildman–Crippen MR) is 72.5 cm³/mol. The lowest BCUT2D eigenvalue weighted by atomic mass is 10.2. The van der Waals surface area contributed by atoms with E-state index in [1.165, 1.54) is 0 Å². The molecule has 0 spiro atoms. The molecule has 0 heterocycles. The van der Waals surface area contributed by atoms with Gasteiger partial charge in [-0.05, 0) is 25.9 Å². The Balaban J connectivity index is 3.14. The first kappa shape index (κ1) is 16.8. The van der Waals surface area contributed by atoms with E-state index in [0.29, 0.717) is 13.2 Å². The molecule has 0 fully saturated rings. The summed E-state index contributed by atoms with van der Waals surface area (Å²) in [7, 11) is 3.85. The highest BCUT2D eigenvalue weighted by Gasteiger charge is 1.98. The zero-order valence-corrected chi connectivity index (χ0v) is 12.0. The van der Waals surface area contributed by atoms with Gasteiger partial charge in [0.05, 0.1) is 13.2 Å². The second-order valence-electron chi connectivity index (χ2n) is 4.86. The van der Waals surface area contributed by atoms with Gasteiger partial charge in [-0.2, -0.15) is 0 Å². The third-order valence-electron chi connectivity index (χ3n) is 2.48. The Bertz CT molecular complexity index is 154. The fourth-order valence-corrected chi connectivity index (χ4v) is 1.45. The van der Waals surface area contributed by atoms with Gasteiger partial charge in [0.1, 0.15) is 0 Å². The molecule has 0 aromatic heterocycles. The van der Waals surface area contributed by atoms with Crippen molar-refractivity contribution in [2.75, 3.05) is 60.2 Å². The van der Waals surface area contributed by atoms with E-state index in [1.807, 2.05) is 0 Å². The van der Waals surface area contributed by atoms with Gasteiger partial charge in [0.15, 0.2) is 0 Å². The topological polar surface area (TPSA) is 33.7 Å². The Kier molecular flexibility index (Phi) is 12.2. The Morgan fingerprint density at radius 1 is 1.12 bits per heavy atom. The molecule has 0 aliphatic carbocycles. The number of hydrogen-bond acceptors (Lipinski definition) is 4. The van der Waals surface area contributed by atoms with Gasteiger partial charge in [0, 0.05) is 33.4 Å². The van der Waals surface area contributed by atoms with Crippen molar-refractivity contribution in [1.82, 2.24) is 10.2 Å². The molecule has 0 unspecified atom stereocenters. The Morgan fingerprint density at radius 3 is 2.53 bits per heavy atom. The summed E-state index contributed by atoms with van der Waals surface area (Å²) in [5.74, 6) is 0.731. The normalized spacial score (nSPS) is 11.6. The lowest BCUT2D eigenvalue weighted by molar-refractivity contribution is 0.0663. The summed E-state index contributed by atoms with van der Waals surface area (Å²) in [4.78, 5) is 2.34. The largest absolute Gasteiger partial charge is 0.382 e. The maximum absolute atomic E-state index is 5.41. The lowest BCUT2D eigenvalue weighted by Crippen LogP contribution is -2.32. The van der Waals surface area contributed by atoms with Crippen LogP contribution in [0.1, 0.15) is 20.3 Å². The summed E-state index contributed by atoms with van der Waals surface area (Å²) in [5.41, 5.74) is 0. The van der Waals surface area contributed by atoms with Crippen LogP contribution in [0.25, 0.3) is 0 Å². The van der Waals surface area contributed by atoms with Crippen LogP contribution in [-0.4, -0.2) is 65.1 Å².